The number of rotatable bonds is 13. The van der Waals surface area contributed by atoms with E-state index in [0.717, 1.165) is 5.56 Å². The first-order chi connectivity index (χ1) is 20.7. The van der Waals surface area contributed by atoms with Crippen LogP contribution in [-0.2, 0) is 30.9 Å². The van der Waals surface area contributed by atoms with Crippen molar-refractivity contribution in [2.75, 3.05) is 46.6 Å². The number of nitrogens with zero attached hydrogens (tertiary/aromatic N) is 2. The summed E-state index contributed by atoms with van der Waals surface area (Å²) in [4.78, 5) is 29.0. The van der Waals surface area contributed by atoms with Crippen molar-refractivity contribution in [3.63, 3.8) is 0 Å². The molecule has 11 heteroatoms. The number of morpholine rings is 1. The van der Waals surface area contributed by atoms with Gasteiger partial charge in [-0.15, -0.1) is 0 Å². The van der Waals surface area contributed by atoms with Gasteiger partial charge in [-0.25, -0.2) is 8.42 Å². The van der Waals surface area contributed by atoms with Gasteiger partial charge in [0.1, 0.15) is 17.5 Å². The average molecular weight is 610 g/mol. The molecule has 230 valence electrons. The van der Waals surface area contributed by atoms with Crippen LogP contribution >= 0.6 is 0 Å². The molecule has 0 spiro atoms. The van der Waals surface area contributed by atoms with Gasteiger partial charge >= 0.3 is 0 Å². The number of hydrogen-bond acceptors (Lipinski definition) is 7. The molecular formula is C32H39N3O7S. The van der Waals surface area contributed by atoms with Crippen molar-refractivity contribution in [2.24, 2.45) is 5.92 Å². The second-order valence-corrected chi connectivity index (χ2v) is 12.5. The maximum atomic E-state index is 13.8. The molecule has 3 aromatic rings. The van der Waals surface area contributed by atoms with Crippen molar-refractivity contribution in [1.82, 2.24) is 14.5 Å². The summed E-state index contributed by atoms with van der Waals surface area (Å²) < 4.78 is 43.7. The van der Waals surface area contributed by atoms with E-state index >= 15 is 0 Å². The third-order valence-corrected chi connectivity index (χ3v) is 8.90. The summed E-state index contributed by atoms with van der Waals surface area (Å²) in [6.07, 6.45) is 0. The minimum absolute atomic E-state index is 0.139. The van der Waals surface area contributed by atoms with Gasteiger partial charge in [0.05, 0.1) is 25.2 Å². The first-order valence-electron chi connectivity index (χ1n) is 14.2. The Morgan fingerprint density at radius 1 is 0.930 bits per heavy atom. The predicted octanol–water partition coefficient (Wildman–Crippen LogP) is 3.64. The molecule has 1 N–H and O–H groups in total. The van der Waals surface area contributed by atoms with E-state index in [-0.39, 0.29) is 29.9 Å². The van der Waals surface area contributed by atoms with E-state index in [1.165, 1.54) is 33.5 Å². The van der Waals surface area contributed by atoms with E-state index < -0.39 is 22.0 Å². The Balaban J connectivity index is 1.56. The van der Waals surface area contributed by atoms with Crippen molar-refractivity contribution in [2.45, 2.75) is 31.3 Å². The van der Waals surface area contributed by atoms with Gasteiger partial charge in [-0.3, -0.25) is 9.59 Å². The third kappa shape index (κ3) is 8.56. The van der Waals surface area contributed by atoms with Gasteiger partial charge in [0.2, 0.25) is 15.9 Å². The van der Waals surface area contributed by atoms with E-state index in [1.54, 1.807) is 19.2 Å². The standard InChI is InChI=1S/C32H39N3O7S/c1-24(2)21-33-32(37)31(26-7-5-4-6-8-26)35(22-25-9-11-27(40-3)12-10-25)30(36)23-42-28-13-15-29(16-14-28)43(38,39)34-17-19-41-20-18-34/h4-16,24,31H,17-23H2,1-3H3,(H,33,37)/t31-/m0/s1. The third-order valence-electron chi connectivity index (χ3n) is 6.99. The van der Waals surface area contributed by atoms with Crippen molar-refractivity contribution < 1.29 is 32.2 Å². The fourth-order valence-electron chi connectivity index (χ4n) is 4.63. The molecule has 1 saturated heterocycles. The lowest BCUT2D eigenvalue weighted by molar-refractivity contribution is -0.143. The van der Waals surface area contributed by atoms with Crippen LogP contribution in [0.3, 0.4) is 0 Å². The molecular weight excluding hydrogens is 570 g/mol. The van der Waals surface area contributed by atoms with Crippen LogP contribution in [0.1, 0.15) is 31.0 Å². The predicted molar refractivity (Wildman–Crippen MR) is 162 cm³/mol. The maximum absolute atomic E-state index is 13.8. The summed E-state index contributed by atoms with van der Waals surface area (Å²) in [6, 6.07) is 21.5. The molecule has 0 radical (unpaired) electrons. The van der Waals surface area contributed by atoms with E-state index in [1.807, 2.05) is 56.3 Å². The lowest BCUT2D eigenvalue weighted by Gasteiger charge is -2.32. The van der Waals surface area contributed by atoms with Crippen molar-refractivity contribution >= 4 is 21.8 Å². The molecule has 0 unspecified atom stereocenters. The van der Waals surface area contributed by atoms with Crippen LogP contribution in [0.5, 0.6) is 11.5 Å². The molecule has 43 heavy (non-hydrogen) atoms. The highest BCUT2D eigenvalue weighted by Crippen LogP contribution is 2.26. The first-order valence-corrected chi connectivity index (χ1v) is 15.7. The maximum Gasteiger partial charge on any atom is 0.261 e. The molecule has 10 nitrogen and oxygen atoms in total. The lowest BCUT2D eigenvalue weighted by Crippen LogP contribution is -2.45. The molecule has 4 rings (SSSR count). The number of methoxy groups -OCH3 is 1. The minimum atomic E-state index is -3.66. The van der Waals surface area contributed by atoms with Gasteiger partial charge in [0.15, 0.2) is 6.61 Å². The van der Waals surface area contributed by atoms with E-state index in [4.69, 9.17) is 14.2 Å². The molecule has 2 amide bonds. The fourth-order valence-corrected chi connectivity index (χ4v) is 6.04. The Hall–Kier alpha value is -3.93. The summed E-state index contributed by atoms with van der Waals surface area (Å²) >= 11 is 0. The van der Waals surface area contributed by atoms with Crippen LogP contribution in [0, 0.1) is 5.92 Å². The van der Waals surface area contributed by atoms with Gasteiger partial charge in [-0.05, 0) is 53.4 Å². The lowest BCUT2D eigenvalue weighted by atomic mass is 10.0. The number of sulfonamides is 1. The van der Waals surface area contributed by atoms with Crippen LogP contribution in [0.15, 0.2) is 83.8 Å². The highest BCUT2D eigenvalue weighted by molar-refractivity contribution is 7.89. The van der Waals surface area contributed by atoms with Crippen LogP contribution in [-0.4, -0.2) is 76.0 Å². The van der Waals surface area contributed by atoms with Gasteiger partial charge in [0, 0.05) is 26.2 Å². The molecule has 1 atom stereocenters. The smallest absolute Gasteiger partial charge is 0.261 e. The molecule has 3 aromatic carbocycles. The number of hydrogen-bond donors (Lipinski definition) is 1. The molecule has 0 aliphatic carbocycles. The summed E-state index contributed by atoms with van der Waals surface area (Å²) in [5.74, 6) is 0.538. The first kappa shape index (κ1) is 32.0. The Morgan fingerprint density at radius 2 is 1.56 bits per heavy atom. The summed E-state index contributed by atoms with van der Waals surface area (Å²) in [6.45, 7) is 5.57. The molecule has 1 fully saturated rings. The Bertz CT molecular complexity index is 1440. The average Bonchev–Trinajstić information content (AvgIpc) is 3.03. The van der Waals surface area contributed by atoms with Crippen LogP contribution in [0.4, 0.5) is 0 Å². The Labute approximate surface area is 253 Å². The SMILES string of the molecule is COc1ccc(CN(C(=O)COc2ccc(S(=O)(=O)N3CCOCC3)cc2)[C@H](C(=O)NCC(C)C)c2ccccc2)cc1. The number of carbonyl (C=O) groups excluding carboxylic acids is 2. The number of carbonyl (C=O) groups is 2. The zero-order chi connectivity index (χ0) is 30.8. The molecule has 1 heterocycles. The normalized spacial score (nSPS) is 14.6. The second kappa shape index (κ2) is 15.0. The van der Waals surface area contributed by atoms with Crippen LogP contribution < -0.4 is 14.8 Å². The zero-order valence-electron chi connectivity index (χ0n) is 24.8. The Morgan fingerprint density at radius 3 is 2.16 bits per heavy atom. The molecule has 1 aliphatic heterocycles. The monoisotopic (exact) mass is 609 g/mol. The fraction of sp³-hybridized carbons (Fsp3) is 0.375. The largest absolute Gasteiger partial charge is 0.497 e. The quantitative estimate of drug-likeness (QED) is 0.315. The molecule has 0 bridgehead atoms. The van der Waals surface area contributed by atoms with E-state index in [9.17, 15) is 18.0 Å². The van der Waals surface area contributed by atoms with Crippen molar-refractivity contribution in [1.29, 1.82) is 0 Å². The number of ether oxygens (including phenoxy) is 3. The second-order valence-electron chi connectivity index (χ2n) is 10.6. The number of amides is 2. The summed E-state index contributed by atoms with van der Waals surface area (Å²) in [5.41, 5.74) is 1.48. The van der Waals surface area contributed by atoms with Gasteiger partial charge < -0.3 is 24.4 Å². The topological polar surface area (TPSA) is 114 Å². The van der Waals surface area contributed by atoms with E-state index in [0.29, 0.717) is 49.9 Å². The van der Waals surface area contributed by atoms with Crippen LogP contribution in [0.2, 0.25) is 0 Å². The minimum Gasteiger partial charge on any atom is -0.497 e. The van der Waals surface area contributed by atoms with Crippen molar-refractivity contribution in [3.8, 4) is 11.5 Å². The molecule has 1 aliphatic rings. The van der Waals surface area contributed by atoms with Gasteiger partial charge in [0.25, 0.3) is 5.91 Å². The summed E-state index contributed by atoms with van der Waals surface area (Å²) in [7, 11) is -2.08. The number of benzene rings is 3. The highest BCUT2D eigenvalue weighted by atomic mass is 32.2. The van der Waals surface area contributed by atoms with Gasteiger partial charge in [-0.1, -0.05) is 56.3 Å². The van der Waals surface area contributed by atoms with Gasteiger partial charge in [-0.2, -0.15) is 4.31 Å². The molecule has 0 saturated carbocycles. The zero-order valence-corrected chi connectivity index (χ0v) is 25.6. The number of nitrogens with one attached hydrogen (secondary N) is 1. The summed E-state index contributed by atoms with van der Waals surface area (Å²) in [5, 5.41) is 2.98. The highest BCUT2D eigenvalue weighted by Gasteiger charge is 2.32. The Kier molecular flexibility index (Phi) is 11.2. The van der Waals surface area contributed by atoms with E-state index in [2.05, 4.69) is 5.32 Å². The van der Waals surface area contributed by atoms with Crippen LogP contribution in [0.25, 0.3) is 0 Å². The molecule has 0 aromatic heterocycles. The van der Waals surface area contributed by atoms with Crippen molar-refractivity contribution in [3.05, 3.63) is 90.0 Å².